The number of hydrogen-bond donors (Lipinski definition) is 1. The minimum absolute atomic E-state index is 0.00918. The van der Waals surface area contributed by atoms with Crippen molar-refractivity contribution in [3.63, 3.8) is 0 Å². The largest absolute Gasteiger partial charge is 0.352 e. The number of carbonyl (C=O) groups is 2. The lowest BCUT2D eigenvalue weighted by atomic mass is 10.1. The molecule has 1 atom stereocenters. The number of amides is 2. The fourth-order valence-electron chi connectivity index (χ4n) is 5.09. The van der Waals surface area contributed by atoms with Crippen LogP contribution in [0.15, 0.2) is 77.7 Å². The lowest BCUT2D eigenvalue weighted by Crippen LogP contribution is -2.53. The van der Waals surface area contributed by atoms with Crippen molar-refractivity contribution in [2.45, 2.75) is 69.5 Å². The number of rotatable bonds is 11. The summed E-state index contributed by atoms with van der Waals surface area (Å²) in [5, 5.41) is 3.53. The highest BCUT2D eigenvalue weighted by molar-refractivity contribution is 7.92. The Morgan fingerprint density at radius 2 is 1.63 bits per heavy atom. The summed E-state index contributed by atoms with van der Waals surface area (Å²) in [5.74, 6) is -0.758. The number of anilines is 1. The van der Waals surface area contributed by atoms with Crippen molar-refractivity contribution in [3.8, 4) is 0 Å². The minimum atomic E-state index is -4.21. The molecule has 0 radical (unpaired) electrons. The van der Waals surface area contributed by atoms with Gasteiger partial charge in [0.1, 0.15) is 12.6 Å². The van der Waals surface area contributed by atoms with E-state index in [1.54, 1.807) is 18.2 Å². The molecule has 2 amide bonds. The van der Waals surface area contributed by atoms with Crippen molar-refractivity contribution >= 4 is 50.7 Å². The summed E-state index contributed by atoms with van der Waals surface area (Å²) in [6, 6.07) is 19.3. The Kier molecular flexibility index (Phi) is 10.3. The smallest absolute Gasteiger partial charge is 0.264 e. The van der Waals surface area contributed by atoms with Gasteiger partial charge < -0.3 is 10.2 Å². The second kappa shape index (κ2) is 13.7. The van der Waals surface area contributed by atoms with Crippen LogP contribution in [0.25, 0.3) is 0 Å². The molecule has 1 saturated carbocycles. The maximum Gasteiger partial charge on any atom is 0.264 e. The van der Waals surface area contributed by atoms with Gasteiger partial charge in [0.15, 0.2) is 0 Å². The van der Waals surface area contributed by atoms with Crippen molar-refractivity contribution < 1.29 is 18.0 Å². The molecule has 0 spiro atoms. The Morgan fingerprint density at radius 3 is 2.24 bits per heavy atom. The highest BCUT2D eigenvalue weighted by Crippen LogP contribution is 2.33. The quantitative estimate of drug-likeness (QED) is 0.272. The van der Waals surface area contributed by atoms with Crippen molar-refractivity contribution in [2.24, 2.45) is 0 Å². The highest BCUT2D eigenvalue weighted by atomic mass is 35.5. The van der Waals surface area contributed by atoms with Gasteiger partial charge >= 0.3 is 0 Å². The van der Waals surface area contributed by atoms with Crippen LogP contribution in [-0.2, 0) is 26.2 Å². The first-order chi connectivity index (χ1) is 19.6. The third kappa shape index (κ3) is 7.61. The zero-order chi connectivity index (χ0) is 29.6. The first kappa shape index (κ1) is 30.9. The Balaban J connectivity index is 1.72. The Hall–Kier alpha value is -3.07. The number of aryl methyl sites for hydroxylation is 1. The standard InChI is InChI=1S/C31H35Cl2N3O4S/c1-3-28(31(38)34-25-9-7-8-10-25)35(20-23-15-13-22(2)14-16-23)30(37)21-36(29-18-17-24(32)19-27(29)33)41(39,40)26-11-5-4-6-12-26/h4-6,11-19,25,28H,3,7-10,20-21H2,1-2H3,(H,34,38). The molecule has 1 aliphatic carbocycles. The van der Waals surface area contributed by atoms with Crippen molar-refractivity contribution in [3.05, 3.63) is 94.0 Å². The summed E-state index contributed by atoms with van der Waals surface area (Å²) >= 11 is 12.6. The van der Waals surface area contributed by atoms with E-state index in [0.717, 1.165) is 41.1 Å². The second-order valence-corrected chi connectivity index (χ2v) is 13.0. The molecular formula is C31H35Cl2N3O4S. The van der Waals surface area contributed by atoms with Gasteiger partial charge in [-0.05, 0) is 62.1 Å². The summed E-state index contributed by atoms with van der Waals surface area (Å²) in [6.07, 6.45) is 4.30. The van der Waals surface area contributed by atoms with E-state index < -0.39 is 28.5 Å². The van der Waals surface area contributed by atoms with E-state index in [4.69, 9.17) is 23.2 Å². The molecule has 41 heavy (non-hydrogen) atoms. The monoisotopic (exact) mass is 615 g/mol. The summed E-state index contributed by atoms with van der Waals surface area (Å²) in [7, 11) is -4.21. The molecule has 1 unspecified atom stereocenters. The maximum absolute atomic E-state index is 14.2. The van der Waals surface area contributed by atoms with Gasteiger partial charge in [-0.2, -0.15) is 0 Å². The lowest BCUT2D eigenvalue weighted by Gasteiger charge is -2.34. The molecule has 4 rings (SSSR count). The molecule has 0 aliphatic heterocycles. The fourth-order valence-corrected chi connectivity index (χ4v) is 7.11. The van der Waals surface area contributed by atoms with E-state index >= 15 is 0 Å². The van der Waals surface area contributed by atoms with Crippen molar-refractivity contribution in [1.29, 1.82) is 0 Å². The molecule has 3 aromatic carbocycles. The van der Waals surface area contributed by atoms with Crippen molar-refractivity contribution in [2.75, 3.05) is 10.8 Å². The first-order valence-electron chi connectivity index (χ1n) is 13.8. The second-order valence-electron chi connectivity index (χ2n) is 10.3. The predicted molar refractivity (Wildman–Crippen MR) is 164 cm³/mol. The number of hydrogen-bond acceptors (Lipinski definition) is 4. The van der Waals surface area contributed by atoms with E-state index in [1.807, 2.05) is 38.1 Å². The molecule has 0 bridgehead atoms. The summed E-state index contributed by atoms with van der Waals surface area (Å²) in [4.78, 5) is 29.2. The zero-order valence-electron chi connectivity index (χ0n) is 23.2. The third-order valence-corrected chi connectivity index (χ3v) is 9.66. The van der Waals surface area contributed by atoms with E-state index in [2.05, 4.69) is 5.32 Å². The van der Waals surface area contributed by atoms with E-state index in [0.29, 0.717) is 11.4 Å². The predicted octanol–water partition coefficient (Wildman–Crippen LogP) is 6.36. The van der Waals surface area contributed by atoms with Crippen LogP contribution in [0.4, 0.5) is 5.69 Å². The summed E-state index contributed by atoms with van der Waals surface area (Å²) < 4.78 is 28.8. The van der Waals surface area contributed by atoms with Crippen LogP contribution in [0.3, 0.4) is 0 Å². The van der Waals surface area contributed by atoms with Crippen molar-refractivity contribution in [1.82, 2.24) is 10.2 Å². The van der Waals surface area contributed by atoms with Crippen LogP contribution in [0.1, 0.15) is 50.2 Å². The van der Waals surface area contributed by atoms with Gasteiger partial charge in [0.2, 0.25) is 11.8 Å². The SMILES string of the molecule is CCC(C(=O)NC1CCCC1)N(Cc1ccc(C)cc1)C(=O)CN(c1ccc(Cl)cc1Cl)S(=O)(=O)c1ccccc1. The van der Waals surface area contributed by atoms with E-state index in [9.17, 15) is 18.0 Å². The molecule has 10 heteroatoms. The highest BCUT2D eigenvalue weighted by Gasteiger charge is 2.35. The number of halogens is 2. The number of carbonyl (C=O) groups excluding carboxylic acids is 2. The minimum Gasteiger partial charge on any atom is -0.352 e. The molecular weight excluding hydrogens is 581 g/mol. The number of sulfonamides is 1. The number of nitrogens with zero attached hydrogens (tertiary/aromatic N) is 2. The molecule has 0 heterocycles. The van der Waals surface area contributed by atoms with Gasteiger partial charge in [-0.15, -0.1) is 0 Å². The topological polar surface area (TPSA) is 86.8 Å². The number of benzene rings is 3. The molecule has 0 aromatic heterocycles. The lowest BCUT2D eigenvalue weighted by molar-refractivity contribution is -0.140. The maximum atomic E-state index is 14.2. The zero-order valence-corrected chi connectivity index (χ0v) is 25.6. The van der Waals surface area contributed by atoms with Crippen LogP contribution in [0, 0.1) is 6.92 Å². The molecule has 1 N–H and O–H groups in total. The van der Waals surface area contributed by atoms with Gasteiger partial charge in [-0.25, -0.2) is 8.42 Å². The van der Waals surface area contributed by atoms with Crippen LogP contribution in [0.2, 0.25) is 10.0 Å². The average Bonchev–Trinajstić information content (AvgIpc) is 3.46. The molecule has 0 saturated heterocycles. The van der Waals surface area contributed by atoms with Crippen LogP contribution >= 0.6 is 23.2 Å². The molecule has 1 aliphatic rings. The molecule has 1 fully saturated rings. The average molecular weight is 617 g/mol. The molecule has 7 nitrogen and oxygen atoms in total. The molecule has 218 valence electrons. The van der Waals surface area contributed by atoms with Crippen LogP contribution in [0.5, 0.6) is 0 Å². The Bertz CT molecular complexity index is 1460. The first-order valence-corrected chi connectivity index (χ1v) is 16.0. The number of nitrogens with one attached hydrogen (secondary N) is 1. The summed E-state index contributed by atoms with van der Waals surface area (Å²) in [6.45, 7) is 3.41. The van der Waals surface area contributed by atoms with Gasteiger partial charge in [0, 0.05) is 17.6 Å². The Labute approximate surface area is 252 Å². The van der Waals surface area contributed by atoms with E-state index in [-0.39, 0.29) is 34.1 Å². The van der Waals surface area contributed by atoms with Gasteiger partial charge in [-0.3, -0.25) is 13.9 Å². The fraction of sp³-hybridized carbons (Fsp3) is 0.355. The van der Waals surface area contributed by atoms with Gasteiger partial charge in [-0.1, -0.05) is 91.0 Å². The normalized spacial score (nSPS) is 14.4. The Morgan fingerprint density at radius 1 is 0.976 bits per heavy atom. The van der Waals surface area contributed by atoms with E-state index in [1.165, 1.54) is 35.2 Å². The third-order valence-electron chi connectivity index (χ3n) is 7.35. The van der Waals surface area contributed by atoms with Gasteiger partial charge in [0.25, 0.3) is 10.0 Å². The van der Waals surface area contributed by atoms with Crippen LogP contribution < -0.4 is 9.62 Å². The van der Waals surface area contributed by atoms with Gasteiger partial charge in [0.05, 0.1) is 15.6 Å². The summed E-state index contributed by atoms with van der Waals surface area (Å²) in [5.41, 5.74) is 2.01. The van der Waals surface area contributed by atoms with Crippen LogP contribution in [-0.4, -0.2) is 43.8 Å². The molecule has 3 aromatic rings.